The lowest BCUT2D eigenvalue weighted by molar-refractivity contribution is 0.792. The molecule has 65 heavy (non-hydrogen) atoms. The van der Waals surface area contributed by atoms with Gasteiger partial charge in [-0.25, -0.2) is 0 Å². The van der Waals surface area contributed by atoms with E-state index in [-0.39, 0.29) is 5.41 Å². The zero-order valence-corrected chi connectivity index (χ0v) is 37.2. The predicted octanol–water partition coefficient (Wildman–Crippen LogP) is 16.7. The summed E-state index contributed by atoms with van der Waals surface area (Å²) < 4.78 is 0. The average Bonchev–Trinajstić information content (AvgIpc) is 3.96. The Hall–Kier alpha value is -7.74. The molecule has 9 aromatic carbocycles. The zero-order valence-electron chi connectivity index (χ0n) is 37.2. The van der Waals surface area contributed by atoms with Gasteiger partial charge in [0.1, 0.15) is 0 Å². The van der Waals surface area contributed by atoms with Crippen LogP contribution in [0.1, 0.15) is 56.8 Å². The van der Waals surface area contributed by atoms with Crippen molar-refractivity contribution in [2.45, 2.75) is 38.5 Å². The monoisotopic (exact) mass is 833 g/mol. The molecule has 0 amide bonds. The Labute approximate surface area is 384 Å². The lowest BCUT2D eigenvalue weighted by Gasteiger charge is -2.30. The quantitative estimate of drug-likeness (QED) is 0.171. The van der Waals surface area contributed by atoms with Gasteiger partial charge in [0.2, 0.25) is 0 Å². The van der Waals surface area contributed by atoms with Gasteiger partial charge in [-0.3, -0.25) is 0 Å². The van der Waals surface area contributed by atoms with Crippen LogP contribution in [0.15, 0.2) is 242 Å². The first-order chi connectivity index (χ1) is 32.0. The molecule has 4 aliphatic rings. The maximum atomic E-state index is 2.43. The summed E-state index contributed by atoms with van der Waals surface area (Å²) in [7, 11) is 0. The van der Waals surface area contributed by atoms with Crippen molar-refractivity contribution in [3.63, 3.8) is 0 Å². The predicted molar refractivity (Wildman–Crippen MR) is 274 cm³/mol. The van der Waals surface area contributed by atoms with Crippen molar-refractivity contribution >= 4 is 11.4 Å². The summed E-state index contributed by atoms with van der Waals surface area (Å²) in [5.74, 6) is 0.460. The average molecular weight is 834 g/mol. The van der Waals surface area contributed by atoms with E-state index in [4.69, 9.17) is 0 Å². The van der Waals surface area contributed by atoms with Gasteiger partial charge in [-0.05, 0) is 124 Å². The van der Waals surface area contributed by atoms with E-state index in [0.717, 1.165) is 6.42 Å². The zero-order chi connectivity index (χ0) is 43.9. The molecule has 1 heteroatoms. The third-order valence-corrected chi connectivity index (χ3v) is 13.7. The number of anilines is 2. The van der Waals surface area contributed by atoms with Crippen molar-refractivity contribution in [3.05, 3.63) is 287 Å². The number of hydrogen-bond acceptors (Lipinski definition) is 1. The maximum Gasteiger partial charge on any atom is 0.0725 e. The number of allylic oxidation sites excluding steroid dienone is 4. The van der Waals surface area contributed by atoms with Gasteiger partial charge >= 0.3 is 0 Å². The van der Waals surface area contributed by atoms with Crippen LogP contribution in [-0.4, -0.2) is 0 Å². The molecular weight excluding hydrogens is 783 g/mol. The van der Waals surface area contributed by atoms with Gasteiger partial charge in [-0.15, -0.1) is 0 Å². The Balaban J connectivity index is 0.000000115. The number of aryl methyl sites for hydroxylation is 3. The summed E-state index contributed by atoms with van der Waals surface area (Å²) in [4.78, 5) is 2.43. The van der Waals surface area contributed by atoms with Gasteiger partial charge in [0, 0.05) is 17.3 Å². The fraction of sp³-hybridized carbons (Fsp3) is 0.0938. The molecule has 3 aliphatic carbocycles. The highest BCUT2D eigenvalue weighted by Gasteiger charge is 2.51. The third kappa shape index (κ3) is 6.96. The second-order valence-corrected chi connectivity index (χ2v) is 17.8. The number of rotatable bonds is 3. The van der Waals surface area contributed by atoms with E-state index in [1.54, 1.807) is 0 Å². The first-order valence-corrected chi connectivity index (χ1v) is 22.9. The highest BCUT2D eigenvalue weighted by molar-refractivity contribution is 5.95. The fourth-order valence-electron chi connectivity index (χ4n) is 10.8. The van der Waals surface area contributed by atoms with Gasteiger partial charge in [0.25, 0.3) is 0 Å². The van der Waals surface area contributed by atoms with E-state index in [1.165, 1.54) is 106 Å². The van der Waals surface area contributed by atoms with Crippen LogP contribution in [-0.2, 0) is 5.41 Å². The molecule has 0 aromatic heterocycles. The molecule has 0 bridgehead atoms. The molecular formula is C64H51N. The summed E-state index contributed by atoms with van der Waals surface area (Å²) >= 11 is 0. The second-order valence-electron chi connectivity index (χ2n) is 17.8. The van der Waals surface area contributed by atoms with E-state index in [0.29, 0.717) is 5.92 Å². The standard InChI is InChI=1S/C26H18.C25H21N.C13H12/c1-17-14-15-21-20-10-4-7-13-24(20)26(25(21)16-17)22-11-5-2-8-18(22)19-9-3-6-12-23(19)26;1-18-8-7-9-19(16-18)20-14-15-23-22-12-5-6-13-24(22)26(25(23)17-20)21-10-3-2-4-11-21;1-11-7-9-13(10-8-11)12-5-3-2-4-6-12/h2-16H,1H3;2-11,13-17,22H,12H2,1H3;2-10H,1H3. The lowest BCUT2D eigenvalue weighted by atomic mass is 9.70. The van der Waals surface area contributed by atoms with Gasteiger partial charge in [-0.1, -0.05) is 229 Å². The molecule has 0 saturated carbocycles. The Bertz CT molecular complexity index is 3200. The highest BCUT2D eigenvalue weighted by atomic mass is 15.2. The van der Waals surface area contributed by atoms with Crippen LogP contribution < -0.4 is 4.90 Å². The van der Waals surface area contributed by atoms with Gasteiger partial charge in [0.15, 0.2) is 0 Å². The van der Waals surface area contributed by atoms with Gasteiger partial charge < -0.3 is 4.90 Å². The number of nitrogens with zero attached hydrogens (tertiary/aromatic N) is 1. The van der Waals surface area contributed by atoms with Crippen molar-refractivity contribution in [2.24, 2.45) is 0 Å². The van der Waals surface area contributed by atoms with Crippen molar-refractivity contribution in [3.8, 4) is 44.5 Å². The molecule has 1 heterocycles. The van der Waals surface area contributed by atoms with Crippen molar-refractivity contribution in [2.75, 3.05) is 4.90 Å². The largest absolute Gasteiger partial charge is 0.313 e. The third-order valence-electron chi connectivity index (χ3n) is 13.7. The first kappa shape index (κ1) is 40.1. The summed E-state index contributed by atoms with van der Waals surface area (Å²) in [6, 6.07) is 79.2. The van der Waals surface area contributed by atoms with Crippen LogP contribution >= 0.6 is 0 Å². The molecule has 1 unspecified atom stereocenters. The summed E-state index contributed by atoms with van der Waals surface area (Å²) in [6.07, 6.45) is 7.81. The Morgan fingerprint density at radius 3 is 1.55 bits per heavy atom. The molecule has 0 fully saturated rings. The Morgan fingerprint density at radius 2 is 0.908 bits per heavy atom. The molecule has 1 nitrogen and oxygen atoms in total. The van der Waals surface area contributed by atoms with Gasteiger partial charge in [0.05, 0.1) is 11.1 Å². The van der Waals surface area contributed by atoms with E-state index < -0.39 is 0 Å². The normalized spacial score (nSPS) is 14.9. The van der Waals surface area contributed by atoms with E-state index in [1.807, 2.05) is 6.07 Å². The molecule has 1 atom stereocenters. The fourth-order valence-corrected chi connectivity index (χ4v) is 10.8. The number of fused-ring (bicyclic) bond motifs is 13. The minimum absolute atomic E-state index is 0.189. The van der Waals surface area contributed by atoms with Crippen LogP contribution in [0.4, 0.5) is 11.4 Å². The van der Waals surface area contributed by atoms with Crippen LogP contribution in [0.2, 0.25) is 0 Å². The summed E-state index contributed by atoms with van der Waals surface area (Å²) in [6.45, 7) is 6.46. The van der Waals surface area contributed by atoms with E-state index >= 15 is 0 Å². The molecule has 1 spiro atoms. The minimum Gasteiger partial charge on any atom is -0.313 e. The molecule has 1 aliphatic heterocycles. The number of benzene rings is 9. The van der Waals surface area contributed by atoms with Gasteiger partial charge in [-0.2, -0.15) is 0 Å². The summed E-state index contributed by atoms with van der Waals surface area (Å²) in [5, 5.41) is 0. The van der Waals surface area contributed by atoms with Crippen LogP contribution in [0.3, 0.4) is 0 Å². The first-order valence-electron chi connectivity index (χ1n) is 22.9. The SMILES string of the molecule is Cc1ccc(-c2ccccc2)cc1.Cc1ccc2c(c1)C1(c3ccccc3-c3ccccc31)c1ccccc1-2.Cc1cccc(-c2ccc3c(c2)N(c2ccccc2)C2=CC=CCC23)c1. The minimum atomic E-state index is -0.189. The molecule has 312 valence electrons. The second kappa shape index (κ2) is 16.8. The maximum absolute atomic E-state index is 2.43. The Kier molecular flexibility index (Phi) is 10.3. The topological polar surface area (TPSA) is 3.24 Å². The van der Waals surface area contributed by atoms with Crippen LogP contribution in [0.5, 0.6) is 0 Å². The lowest BCUT2D eigenvalue weighted by Crippen LogP contribution is -2.25. The molecule has 0 radical (unpaired) electrons. The smallest absolute Gasteiger partial charge is 0.0725 e. The van der Waals surface area contributed by atoms with Crippen LogP contribution in [0.25, 0.3) is 44.5 Å². The Morgan fingerprint density at radius 1 is 0.400 bits per heavy atom. The van der Waals surface area contributed by atoms with Crippen molar-refractivity contribution < 1.29 is 0 Å². The van der Waals surface area contributed by atoms with E-state index in [9.17, 15) is 0 Å². The van der Waals surface area contributed by atoms with E-state index in [2.05, 4.69) is 256 Å². The highest BCUT2D eigenvalue weighted by Crippen LogP contribution is 2.62. The molecule has 0 N–H and O–H groups in total. The number of hydrogen-bond donors (Lipinski definition) is 0. The number of para-hydroxylation sites is 1. The molecule has 9 aromatic rings. The summed E-state index contributed by atoms with van der Waals surface area (Å²) in [5.41, 5.74) is 25.4. The van der Waals surface area contributed by atoms with Crippen molar-refractivity contribution in [1.82, 2.24) is 0 Å². The molecule has 13 rings (SSSR count). The van der Waals surface area contributed by atoms with Crippen molar-refractivity contribution in [1.29, 1.82) is 0 Å². The molecule has 0 saturated heterocycles. The van der Waals surface area contributed by atoms with Crippen LogP contribution in [0, 0.1) is 20.8 Å².